The number of benzene rings is 2. The molecule has 4 aromatic rings. The summed E-state index contributed by atoms with van der Waals surface area (Å²) in [6.45, 7) is 5.65. The number of carbonyl (C=O) groups is 1. The second kappa shape index (κ2) is 10.9. The molecule has 6 rings (SSSR count). The van der Waals surface area contributed by atoms with E-state index >= 15 is 0 Å². The minimum absolute atomic E-state index is 0.0459. The first-order valence-electron chi connectivity index (χ1n) is 13.7. The first-order valence-corrected chi connectivity index (χ1v) is 13.7. The lowest BCUT2D eigenvalue weighted by Gasteiger charge is -2.38. The van der Waals surface area contributed by atoms with Gasteiger partial charge in [-0.15, -0.1) is 0 Å². The summed E-state index contributed by atoms with van der Waals surface area (Å²) in [6.07, 6.45) is 2.35. The third-order valence-corrected chi connectivity index (χ3v) is 7.89. The fourth-order valence-electron chi connectivity index (χ4n) is 5.37. The molecular formula is C31H34N4O4. The van der Waals surface area contributed by atoms with Crippen molar-refractivity contribution in [2.24, 2.45) is 0 Å². The number of rotatable bonds is 9. The van der Waals surface area contributed by atoms with Crippen molar-refractivity contribution in [1.29, 1.82) is 0 Å². The number of aromatic nitrogens is 3. The summed E-state index contributed by atoms with van der Waals surface area (Å²) in [5, 5.41) is 11.5. The number of fused-ring (bicyclic) bond motifs is 1. The van der Waals surface area contributed by atoms with Crippen LogP contribution in [0.25, 0.3) is 11.0 Å². The van der Waals surface area contributed by atoms with E-state index in [1.807, 2.05) is 66.7 Å². The van der Waals surface area contributed by atoms with Crippen LogP contribution in [0.4, 0.5) is 0 Å². The molecule has 4 heterocycles. The molecule has 0 aliphatic carbocycles. The third kappa shape index (κ3) is 5.59. The zero-order chi connectivity index (χ0) is 26.8. The molecule has 8 nitrogen and oxygen atoms in total. The van der Waals surface area contributed by atoms with Crippen molar-refractivity contribution in [2.75, 3.05) is 19.7 Å². The van der Waals surface area contributed by atoms with Crippen molar-refractivity contribution >= 4 is 16.8 Å². The zero-order valence-electron chi connectivity index (χ0n) is 22.3. The SMILES string of the molecule is CC(=O)c1ccc2nc(CN3CCC(O)(c4cccc(OCc5ccccc5)n4)CC3)n(C[C@@H]3CCO3)c2c1. The maximum absolute atomic E-state index is 12.0. The molecule has 0 bridgehead atoms. The van der Waals surface area contributed by atoms with Crippen LogP contribution < -0.4 is 4.74 Å². The Labute approximate surface area is 228 Å². The number of ketones is 1. The summed E-state index contributed by atoms with van der Waals surface area (Å²) in [7, 11) is 0. The van der Waals surface area contributed by atoms with Gasteiger partial charge in [-0.25, -0.2) is 9.97 Å². The Balaban J connectivity index is 1.14. The summed E-state index contributed by atoms with van der Waals surface area (Å²) in [4.78, 5) is 23.9. The first kappa shape index (κ1) is 25.7. The highest BCUT2D eigenvalue weighted by Gasteiger charge is 2.36. The summed E-state index contributed by atoms with van der Waals surface area (Å²) < 4.78 is 13.8. The van der Waals surface area contributed by atoms with Gasteiger partial charge in [0.15, 0.2) is 5.78 Å². The van der Waals surface area contributed by atoms with Gasteiger partial charge in [0.25, 0.3) is 0 Å². The molecule has 8 heteroatoms. The lowest BCUT2D eigenvalue weighted by molar-refractivity contribution is -0.0595. The topological polar surface area (TPSA) is 89.7 Å². The molecule has 2 aliphatic rings. The minimum Gasteiger partial charge on any atom is -0.473 e. The molecule has 2 aromatic heterocycles. The smallest absolute Gasteiger partial charge is 0.213 e. The first-order chi connectivity index (χ1) is 19.0. The van der Waals surface area contributed by atoms with Crippen LogP contribution in [-0.4, -0.2) is 56.1 Å². The molecule has 0 unspecified atom stereocenters. The van der Waals surface area contributed by atoms with Crippen molar-refractivity contribution in [3.8, 4) is 5.88 Å². The second-order valence-electron chi connectivity index (χ2n) is 10.6. The molecule has 2 fully saturated rings. The Hall–Kier alpha value is -3.59. The Bertz CT molecular complexity index is 1460. The van der Waals surface area contributed by atoms with Crippen molar-refractivity contribution in [2.45, 2.75) is 57.6 Å². The van der Waals surface area contributed by atoms with Gasteiger partial charge < -0.3 is 19.1 Å². The van der Waals surface area contributed by atoms with E-state index in [-0.39, 0.29) is 11.9 Å². The summed E-state index contributed by atoms with van der Waals surface area (Å²) in [6, 6.07) is 21.3. The molecule has 0 saturated carbocycles. The molecule has 202 valence electrons. The number of hydrogen-bond acceptors (Lipinski definition) is 7. The molecule has 2 saturated heterocycles. The zero-order valence-corrected chi connectivity index (χ0v) is 22.3. The fraction of sp³-hybridized carbons (Fsp3) is 0.387. The highest BCUT2D eigenvalue weighted by molar-refractivity contribution is 5.97. The van der Waals surface area contributed by atoms with E-state index in [9.17, 15) is 9.90 Å². The van der Waals surface area contributed by atoms with Gasteiger partial charge in [0.2, 0.25) is 5.88 Å². The lowest BCUT2D eigenvalue weighted by Crippen LogP contribution is -2.43. The molecule has 0 amide bonds. The average molecular weight is 527 g/mol. The van der Waals surface area contributed by atoms with Gasteiger partial charge in [0, 0.05) is 31.3 Å². The molecule has 1 atom stereocenters. The summed E-state index contributed by atoms with van der Waals surface area (Å²) in [5.41, 5.74) is 3.27. The number of Topliss-reactive ketones (excluding diaryl/α,β-unsaturated/α-hetero) is 1. The van der Waals surface area contributed by atoms with E-state index in [2.05, 4.69) is 14.5 Å². The van der Waals surface area contributed by atoms with Crippen molar-refractivity contribution < 1.29 is 19.4 Å². The van der Waals surface area contributed by atoms with Gasteiger partial charge in [0.1, 0.15) is 18.0 Å². The minimum atomic E-state index is -1.00. The van der Waals surface area contributed by atoms with Crippen LogP contribution in [-0.2, 0) is 30.0 Å². The predicted molar refractivity (Wildman–Crippen MR) is 148 cm³/mol. The highest BCUT2D eigenvalue weighted by Crippen LogP contribution is 2.33. The van der Waals surface area contributed by atoms with E-state index in [1.54, 1.807) is 6.92 Å². The Morgan fingerprint density at radius 1 is 1.08 bits per heavy atom. The van der Waals surface area contributed by atoms with Gasteiger partial charge >= 0.3 is 0 Å². The monoisotopic (exact) mass is 526 g/mol. The number of pyridine rings is 1. The summed E-state index contributed by atoms with van der Waals surface area (Å²) >= 11 is 0. The standard InChI is InChI=1S/C31H34N4O4/c1-22(36)24-10-11-26-27(18-24)35(19-25-12-17-38-25)29(32-26)20-34-15-13-31(37,14-16-34)28-8-5-9-30(33-28)39-21-23-6-3-2-4-7-23/h2-11,18,25,37H,12-17,19-21H2,1H3/t25-/m0/s1. The average Bonchev–Trinajstić information content (AvgIpc) is 3.27. The Kier molecular flexibility index (Phi) is 7.16. The molecule has 2 aliphatic heterocycles. The van der Waals surface area contributed by atoms with Crippen molar-refractivity contribution in [3.63, 3.8) is 0 Å². The number of nitrogens with zero attached hydrogens (tertiary/aromatic N) is 4. The van der Waals surface area contributed by atoms with Crippen LogP contribution >= 0.6 is 0 Å². The number of aliphatic hydroxyl groups is 1. The van der Waals surface area contributed by atoms with Gasteiger partial charge in [-0.3, -0.25) is 9.69 Å². The van der Waals surface area contributed by atoms with Gasteiger partial charge in [0.05, 0.1) is 35.9 Å². The van der Waals surface area contributed by atoms with Crippen LogP contribution in [0, 0.1) is 0 Å². The van der Waals surface area contributed by atoms with Crippen LogP contribution in [0.15, 0.2) is 66.7 Å². The maximum Gasteiger partial charge on any atom is 0.213 e. The Morgan fingerprint density at radius 3 is 2.59 bits per heavy atom. The van der Waals surface area contributed by atoms with Gasteiger partial charge in [-0.05, 0) is 56.0 Å². The van der Waals surface area contributed by atoms with E-state index < -0.39 is 5.60 Å². The molecule has 2 aromatic carbocycles. The fourth-order valence-corrected chi connectivity index (χ4v) is 5.37. The number of piperidine rings is 1. The quantitative estimate of drug-likeness (QED) is 0.322. The second-order valence-corrected chi connectivity index (χ2v) is 10.6. The van der Waals surface area contributed by atoms with Crippen LogP contribution in [0.1, 0.15) is 53.6 Å². The molecule has 0 spiro atoms. The van der Waals surface area contributed by atoms with Gasteiger partial charge in [-0.1, -0.05) is 36.4 Å². The Morgan fingerprint density at radius 2 is 1.87 bits per heavy atom. The van der Waals surface area contributed by atoms with Gasteiger partial charge in [-0.2, -0.15) is 0 Å². The molecule has 39 heavy (non-hydrogen) atoms. The van der Waals surface area contributed by atoms with E-state index in [0.717, 1.165) is 55.1 Å². The molecule has 1 N–H and O–H groups in total. The van der Waals surface area contributed by atoms with Crippen molar-refractivity contribution in [3.05, 3.63) is 89.4 Å². The largest absolute Gasteiger partial charge is 0.473 e. The van der Waals surface area contributed by atoms with Crippen LogP contribution in [0.2, 0.25) is 0 Å². The molecule has 0 radical (unpaired) electrons. The maximum atomic E-state index is 12.0. The molecular weight excluding hydrogens is 492 g/mol. The van der Waals surface area contributed by atoms with E-state index in [0.29, 0.717) is 43.1 Å². The number of imidazole rings is 1. The normalized spacial score (nSPS) is 19.1. The number of likely N-dealkylation sites (tertiary alicyclic amines) is 1. The van der Waals surface area contributed by atoms with E-state index in [4.69, 9.17) is 14.5 Å². The predicted octanol–water partition coefficient (Wildman–Crippen LogP) is 4.49. The van der Waals surface area contributed by atoms with Crippen LogP contribution in [0.5, 0.6) is 5.88 Å². The number of carbonyl (C=O) groups excluding carboxylic acids is 1. The van der Waals surface area contributed by atoms with E-state index in [1.165, 1.54) is 0 Å². The third-order valence-electron chi connectivity index (χ3n) is 7.89. The summed E-state index contributed by atoms with van der Waals surface area (Å²) in [5.74, 6) is 1.52. The number of ether oxygens (including phenoxy) is 2. The van der Waals surface area contributed by atoms with Crippen LogP contribution in [0.3, 0.4) is 0 Å². The van der Waals surface area contributed by atoms with Crippen molar-refractivity contribution in [1.82, 2.24) is 19.4 Å². The highest BCUT2D eigenvalue weighted by atomic mass is 16.5. The lowest BCUT2D eigenvalue weighted by atomic mass is 9.87. The number of hydrogen-bond donors (Lipinski definition) is 1.